The lowest BCUT2D eigenvalue weighted by Gasteiger charge is -2.29. The molecule has 0 radical (unpaired) electrons. The van der Waals surface area contributed by atoms with E-state index in [4.69, 9.17) is 9.47 Å². The molecule has 3 heterocycles. The van der Waals surface area contributed by atoms with Crippen LogP contribution in [0.5, 0.6) is 0 Å². The number of nitrogens with one attached hydrogen (secondary N) is 1. The maximum absolute atomic E-state index is 13.1. The molecule has 0 aliphatic carbocycles. The van der Waals surface area contributed by atoms with Crippen LogP contribution in [0.4, 0.5) is 9.80 Å². The number of thiophene rings is 1. The van der Waals surface area contributed by atoms with Crippen LogP contribution in [0, 0.1) is 17.2 Å². The largest absolute Gasteiger partial charge is 0.469 e. The second-order valence-electron chi connectivity index (χ2n) is 8.87. The zero-order valence-electron chi connectivity index (χ0n) is 21.1. The number of ether oxygens (including phenoxy) is 2. The molecule has 1 N–H and O–H groups in total. The number of carbonyl (C=O) groups is 3. The fourth-order valence-corrected chi connectivity index (χ4v) is 7.26. The van der Waals surface area contributed by atoms with Gasteiger partial charge in [-0.2, -0.15) is 9.57 Å². The van der Waals surface area contributed by atoms with Gasteiger partial charge in [0.15, 0.2) is 0 Å². The molecule has 4 rings (SSSR count). The average molecular weight is 561 g/mol. The van der Waals surface area contributed by atoms with Crippen LogP contribution in [-0.4, -0.2) is 68.9 Å². The molecule has 202 valence electrons. The number of amides is 2. The van der Waals surface area contributed by atoms with Gasteiger partial charge in [-0.1, -0.05) is 0 Å². The molecule has 1 aromatic heterocycles. The van der Waals surface area contributed by atoms with Gasteiger partial charge >= 0.3 is 12.1 Å². The summed E-state index contributed by atoms with van der Waals surface area (Å²) in [6.45, 7) is 3.13. The number of anilines is 1. The number of sulfonamides is 1. The SMILES string of the molecule is CCOC(=O)N1CCc2c(sc(NC(=O)c3ccc(S(=O)(=O)N4CCC(C(=O)OC)CC4)cc3)c2C#N)C1. The number of methoxy groups -OCH3 is 1. The van der Waals surface area contributed by atoms with Gasteiger partial charge in [-0.25, -0.2) is 13.2 Å². The smallest absolute Gasteiger partial charge is 0.410 e. The highest BCUT2D eigenvalue weighted by Crippen LogP contribution is 2.37. The molecule has 2 aromatic rings. The van der Waals surface area contributed by atoms with Gasteiger partial charge in [-0.3, -0.25) is 9.59 Å². The van der Waals surface area contributed by atoms with Crippen LogP contribution < -0.4 is 5.32 Å². The number of piperidine rings is 1. The highest BCUT2D eigenvalue weighted by molar-refractivity contribution is 7.89. The molecule has 0 saturated carbocycles. The fraction of sp³-hybridized carbons (Fsp3) is 0.440. The third-order valence-corrected chi connectivity index (χ3v) is 9.71. The second-order valence-corrected chi connectivity index (χ2v) is 11.9. The van der Waals surface area contributed by atoms with Gasteiger partial charge in [0.1, 0.15) is 11.1 Å². The standard InChI is InChI=1S/C25H28N4O7S2/c1-3-36-25(32)28-11-10-19-20(14-26)23(37-21(19)15-28)27-22(30)16-4-6-18(7-5-16)38(33,34)29-12-8-17(9-13-29)24(31)35-2/h4-7,17H,3,8-13,15H2,1-2H3,(H,27,30). The maximum atomic E-state index is 13.1. The van der Waals surface area contributed by atoms with Crippen molar-refractivity contribution in [1.29, 1.82) is 5.26 Å². The molecule has 2 aliphatic heterocycles. The summed E-state index contributed by atoms with van der Waals surface area (Å²) in [5, 5.41) is 12.9. The van der Waals surface area contributed by atoms with Crippen molar-refractivity contribution in [2.75, 3.05) is 38.7 Å². The van der Waals surface area contributed by atoms with E-state index in [1.54, 1.807) is 11.8 Å². The van der Waals surface area contributed by atoms with Crippen LogP contribution in [0.15, 0.2) is 29.2 Å². The monoisotopic (exact) mass is 560 g/mol. The van der Waals surface area contributed by atoms with Crippen LogP contribution in [0.2, 0.25) is 0 Å². The molecule has 0 spiro atoms. The van der Waals surface area contributed by atoms with Crippen molar-refractivity contribution in [2.24, 2.45) is 5.92 Å². The van der Waals surface area contributed by atoms with Crippen molar-refractivity contribution < 1.29 is 32.3 Å². The van der Waals surface area contributed by atoms with Crippen molar-refractivity contribution in [2.45, 2.75) is 37.6 Å². The Balaban J connectivity index is 1.44. The lowest BCUT2D eigenvalue weighted by atomic mass is 9.99. The minimum atomic E-state index is -3.78. The number of hydrogen-bond acceptors (Lipinski definition) is 9. The van der Waals surface area contributed by atoms with Crippen LogP contribution in [0.3, 0.4) is 0 Å². The molecule has 13 heteroatoms. The lowest BCUT2D eigenvalue weighted by Crippen LogP contribution is -2.40. The number of fused-ring (bicyclic) bond motifs is 1. The Kier molecular flexibility index (Phi) is 8.35. The summed E-state index contributed by atoms with van der Waals surface area (Å²) in [5.41, 5.74) is 1.42. The number of hydrogen-bond donors (Lipinski definition) is 1. The van der Waals surface area contributed by atoms with Gasteiger partial charge in [0.25, 0.3) is 5.91 Å². The predicted octanol–water partition coefficient (Wildman–Crippen LogP) is 2.96. The van der Waals surface area contributed by atoms with Gasteiger partial charge in [0.05, 0.1) is 36.6 Å². The Morgan fingerprint density at radius 2 is 1.84 bits per heavy atom. The van der Waals surface area contributed by atoms with E-state index in [0.29, 0.717) is 42.9 Å². The van der Waals surface area contributed by atoms with Crippen LogP contribution >= 0.6 is 11.3 Å². The first-order chi connectivity index (χ1) is 18.2. The van der Waals surface area contributed by atoms with Gasteiger partial charge in [0.2, 0.25) is 10.0 Å². The average Bonchev–Trinajstić information content (AvgIpc) is 3.28. The Morgan fingerprint density at radius 1 is 1.16 bits per heavy atom. The van der Waals surface area contributed by atoms with E-state index in [9.17, 15) is 28.1 Å². The van der Waals surface area contributed by atoms with Gasteiger partial charge < -0.3 is 19.7 Å². The minimum Gasteiger partial charge on any atom is -0.469 e. The van der Waals surface area contributed by atoms with E-state index < -0.39 is 22.0 Å². The molecule has 11 nitrogen and oxygen atoms in total. The van der Waals surface area contributed by atoms with Crippen molar-refractivity contribution in [3.63, 3.8) is 0 Å². The maximum Gasteiger partial charge on any atom is 0.410 e. The van der Waals surface area contributed by atoms with Crippen molar-refractivity contribution in [3.05, 3.63) is 45.8 Å². The van der Waals surface area contributed by atoms with Crippen molar-refractivity contribution in [3.8, 4) is 6.07 Å². The second kappa shape index (κ2) is 11.5. The van der Waals surface area contributed by atoms with Gasteiger partial charge in [-0.15, -0.1) is 11.3 Å². The molecule has 1 saturated heterocycles. The molecular formula is C25H28N4O7S2. The van der Waals surface area contributed by atoms with E-state index in [1.807, 2.05) is 0 Å². The molecule has 1 fully saturated rings. The first-order valence-corrected chi connectivity index (χ1v) is 14.4. The zero-order valence-corrected chi connectivity index (χ0v) is 22.7. The topological polar surface area (TPSA) is 146 Å². The summed E-state index contributed by atoms with van der Waals surface area (Å²) in [6.07, 6.45) is 0.831. The minimum absolute atomic E-state index is 0.0499. The number of carbonyl (C=O) groups excluding carboxylic acids is 3. The Hall–Kier alpha value is -3.47. The molecule has 38 heavy (non-hydrogen) atoms. The highest BCUT2D eigenvalue weighted by atomic mass is 32.2. The number of benzene rings is 1. The lowest BCUT2D eigenvalue weighted by molar-refractivity contribution is -0.146. The Bertz CT molecular complexity index is 1370. The summed E-state index contributed by atoms with van der Waals surface area (Å²) in [4.78, 5) is 39.2. The third kappa shape index (κ3) is 5.52. The van der Waals surface area contributed by atoms with Crippen molar-refractivity contribution in [1.82, 2.24) is 9.21 Å². The summed E-state index contributed by atoms with van der Waals surface area (Å²) in [6, 6.07) is 7.75. The quantitative estimate of drug-likeness (QED) is 0.531. The van der Waals surface area contributed by atoms with E-state index in [2.05, 4.69) is 11.4 Å². The summed E-state index contributed by atoms with van der Waals surface area (Å²) in [7, 11) is -2.47. The third-order valence-electron chi connectivity index (χ3n) is 6.66. The van der Waals surface area contributed by atoms with Gasteiger partial charge in [0, 0.05) is 30.1 Å². The summed E-state index contributed by atoms with van der Waals surface area (Å²) >= 11 is 1.24. The normalized spacial score (nSPS) is 16.3. The summed E-state index contributed by atoms with van der Waals surface area (Å²) < 4.78 is 37.3. The zero-order chi connectivity index (χ0) is 27.4. The first kappa shape index (κ1) is 27.6. The number of rotatable bonds is 6. The van der Waals surface area contributed by atoms with E-state index in [1.165, 1.54) is 47.0 Å². The molecule has 0 atom stereocenters. The molecule has 2 amide bonds. The Morgan fingerprint density at radius 3 is 2.45 bits per heavy atom. The predicted molar refractivity (Wildman–Crippen MR) is 138 cm³/mol. The number of esters is 1. The van der Waals surface area contributed by atoms with Crippen LogP contribution in [0.25, 0.3) is 0 Å². The van der Waals surface area contributed by atoms with E-state index in [0.717, 1.165) is 10.4 Å². The summed E-state index contributed by atoms with van der Waals surface area (Å²) in [5.74, 6) is -1.13. The Labute approximate surface area is 225 Å². The molecule has 2 aliphatic rings. The number of nitriles is 1. The fourth-order valence-electron chi connectivity index (χ4n) is 4.58. The molecule has 1 aromatic carbocycles. The molecule has 0 bridgehead atoms. The van der Waals surface area contributed by atoms with Crippen molar-refractivity contribution >= 4 is 44.3 Å². The van der Waals surface area contributed by atoms with Crippen LogP contribution in [-0.2, 0) is 37.3 Å². The highest BCUT2D eigenvalue weighted by Gasteiger charge is 2.33. The van der Waals surface area contributed by atoms with Crippen LogP contribution in [0.1, 0.15) is 46.1 Å². The first-order valence-electron chi connectivity index (χ1n) is 12.1. The molecule has 0 unspecified atom stereocenters. The van der Waals surface area contributed by atoms with E-state index in [-0.39, 0.29) is 42.0 Å². The van der Waals surface area contributed by atoms with Gasteiger partial charge in [-0.05, 0) is 56.0 Å². The molecular weight excluding hydrogens is 532 g/mol. The van der Waals surface area contributed by atoms with E-state index >= 15 is 0 Å². The number of nitrogens with zero attached hydrogens (tertiary/aromatic N) is 3.